The molecule has 1 atom stereocenters. The van der Waals surface area contributed by atoms with Crippen LogP contribution in [0.1, 0.15) is 54.3 Å². The lowest BCUT2D eigenvalue weighted by Gasteiger charge is -2.14. The molecule has 0 spiro atoms. The third-order valence-electron chi connectivity index (χ3n) is 2.91. The normalized spacial score (nSPS) is 13.7. The van der Waals surface area contributed by atoms with Gasteiger partial charge in [0.1, 0.15) is 5.01 Å². The van der Waals surface area contributed by atoms with E-state index < -0.39 is 0 Å². The second-order valence-electron chi connectivity index (χ2n) is 5.75. The highest BCUT2D eigenvalue weighted by Gasteiger charge is 2.22. The first-order chi connectivity index (χ1) is 8.88. The lowest BCUT2D eigenvalue weighted by molar-refractivity contribution is 0.576. The molecule has 2 aromatic heterocycles. The zero-order chi connectivity index (χ0) is 14.0. The van der Waals surface area contributed by atoms with E-state index in [1.807, 2.05) is 22.9 Å². The topological polar surface area (TPSA) is 37.8 Å². The van der Waals surface area contributed by atoms with Crippen molar-refractivity contribution in [1.29, 1.82) is 0 Å². The lowest BCUT2D eigenvalue weighted by atomic mass is 9.98. The molecular weight excluding hydrogens is 274 g/mol. The van der Waals surface area contributed by atoms with Gasteiger partial charge >= 0.3 is 0 Å². The molecule has 1 N–H and O–H groups in total. The van der Waals surface area contributed by atoms with E-state index in [1.165, 1.54) is 9.88 Å². The summed E-state index contributed by atoms with van der Waals surface area (Å²) >= 11 is 3.51. The molecule has 2 aromatic rings. The van der Waals surface area contributed by atoms with Gasteiger partial charge in [0.05, 0.1) is 10.7 Å². The summed E-state index contributed by atoms with van der Waals surface area (Å²) < 4.78 is 0. The Bertz CT molecular complexity index is 523. The van der Waals surface area contributed by atoms with Crippen LogP contribution in [0.25, 0.3) is 0 Å². The van der Waals surface area contributed by atoms with E-state index in [0.717, 1.165) is 17.2 Å². The standard InChI is InChI=1S/C14H21N3S2/c1-9(16-8-11-15-6-7-18-11)12-10(2)17-13(19-12)14(3,4)5/h6-7,9,16H,8H2,1-5H3. The number of aromatic nitrogens is 2. The number of nitrogens with zero attached hydrogens (tertiary/aromatic N) is 2. The van der Waals surface area contributed by atoms with Gasteiger partial charge in [-0.25, -0.2) is 9.97 Å². The van der Waals surface area contributed by atoms with Crippen LogP contribution in [0.15, 0.2) is 11.6 Å². The van der Waals surface area contributed by atoms with Gasteiger partial charge in [-0.05, 0) is 13.8 Å². The van der Waals surface area contributed by atoms with Crippen LogP contribution in [0.4, 0.5) is 0 Å². The van der Waals surface area contributed by atoms with Gasteiger partial charge in [0, 0.05) is 34.5 Å². The predicted molar refractivity (Wildman–Crippen MR) is 82.9 cm³/mol. The predicted octanol–water partition coefficient (Wildman–Crippen LogP) is 4.06. The molecule has 5 heteroatoms. The second kappa shape index (κ2) is 5.69. The minimum absolute atomic E-state index is 0.128. The van der Waals surface area contributed by atoms with Gasteiger partial charge in [-0.1, -0.05) is 20.8 Å². The van der Waals surface area contributed by atoms with Crippen LogP contribution in [-0.4, -0.2) is 9.97 Å². The second-order valence-corrected chi connectivity index (χ2v) is 7.76. The molecule has 19 heavy (non-hydrogen) atoms. The Kier molecular flexibility index (Phi) is 4.38. The van der Waals surface area contributed by atoms with Crippen LogP contribution in [-0.2, 0) is 12.0 Å². The van der Waals surface area contributed by atoms with Crippen LogP contribution in [0.5, 0.6) is 0 Å². The van der Waals surface area contributed by atoms with Crippen LogP contribution < -0.4 is 5.32 Å². The van der Waals surface area contributed by atoms with Crippen molar-refractivity contribution in [2.75, 3.05) is 0 Å². The maximum absolute atomic E-state index is 4.71. The van der Waals surface area contributed by atoms with Crippen molar-refractivity contribution in [1.82, 2.24) is 15.3 Å². The van der Waals surface area contributed by atoms with Crippen molar-refractivity contribution in [3.8, 4) is 0 Å². The van der Waals surface area contributed by atoms with Gasteiger partial charge in [0.25, 0.3) is 0 Å². The zero-order valence-electron chi connectivity index (χ0n) is 12.2. The number of aryl methyl sites for hydroxylation is 1. The van der Waals surface area contributed by atoms with Crippen LogP contribution in [0.3, 0.4) is 0 Å². The summed E-state index contributed by atoms with van der Waals surface area (Å²) in [4.78, 5) is 10.3. The molecule has 2 heterocycles. The van der Waals surface area contributed by atoms with Crippen molar-refractivity contribution < 1.29 is 0 Å². The Morgan fingerprint density at radius 1 is 1.37 bits per heavy atom. The molecule has 0 aliphatic carbocycles. The first-order valence-electron chi connectivity index (χ1n) is 6.47. The average molecular weight is 295 g/mol. The van der Waals surface area contributed by atoms with Gasteiger partial charge < -0.3 is 5.32 Å². The number of hydrogen-bond donors (Lipinski definition) is 1. The fourth-order valence-electron chi connectivity index (χ4n) is 1.80. The fourth-order valence-corrected chi connectivity index (χ4v) is 3.52. The maximum atomic E-state index is 4.71. The summed E-state index contributed by atoms with van der Waals surface area (Å²) in [6.07, 6.45) is 1.85. The van der Waals surface area contributed by atoms with E-state index >= 15 is 0 Å². The number of hydrogen-bond acceptors (Lipinski definition) is 5. The van der Waals surface area contributed by atoms with Crippen molar-refractivity contribution in [3.63, 3.8) is 0 Å². The van der Waals surface area contributed by atoms with Gasteiger partial charge in [0.2, 0.25) is 0 Å². The highest BCUT2D eigenvalue weighted by atomic mass is 32.1. The lowest BCUT2D eigenvalue weighted by Crippen LogP contribution is -2.17. The molecule has 104 valence electrons. The summed E-state index contributed by atoms with van der Waals surface area (Å²) in [5, 5.41) is 7.88. The third-order valence-corrected chi connectivity index (χ3v) is 5.46. The molecule has 0 saturated carbocycles. The molecule has 0 fully saturated rings. The van der Waals surface area contributed by atoms with E-state index in [9.17, 15) is 0 Å². The Balaban J connectivity index is 2.06. The summed E-state index contributed by atoms with van der Waals surface area (Å²) in [6.45, 7) is 11.7. The van der Waals surface area contributed by atoms with Crippen molar-refractivity contribution >= 4 is 22.7 Å². The smallest absolute Gasteiger partial charge is 0.106 e. The van der Waals surface area contributed by atoms with E-state index in [-0.39, 0.29) is 5.41 Å². The minimum atomic E-state index is 0.128. The summed E-state index contributed by atoms with van der Waals surface area (Å²) in [6, 6.07) is 0.317. The monoisotopic (exact) mass is 295 g/mol. The van der Waals surface area contributed by atoms with E-state index in [2.05, 4.69) is 44.9 Å². The quantitative estimate of drug-likeness (QED) is 0.924. The summed E-state index contributed by atoms with van der Waals surface area (Å²) in [5.74, 6) is 0. The minimum Gasteiger partial charge on any atom is -0.303 e. The first-order valence-corrected chi connectivity index (χ1v) is 8.17. The van der Waals surface area contributed by atoms with Crippen molar-refractivity contribution in [2.24, 2.45) is 0 Å². The molecule has 3 nitrogen and oxygen atoms in total. The number of thiazole rings is 2. The Morgan fingerprint density at radius 3 is 2.63 bits per heavy atom. The average Bonchev–Trinajstić information content (AvgIpc) is 2.93. The molecule has 0 aromatic carbocycles. The Morgan fingerprint density at radius 2 is 2.11 bits per heavy atom. The van der Waals surface area contributed by atoms with Crippen LogP contribution >= 0.6 is 22.7 Å². The molecule has 0 saturated heterocycles. The van der Waals surface area contributed by atoms with E-state index in [1.54, 1.807) is 11.3 Å². The molecule has 0 radical (unpaired) electrons. The molecular formula is C14H21N3S2. The first kappa shape index (κ1) is 14.6. The van der Waals surface area contributed by atoms with Crippen molar-refractivity contribution in [3.05, 3.63) is 32.2 Å². The largest absolute Gasteiger partial charge is 0.303 e. The highest BCUT2D eigenvalue weighted by Crippen LogP contribution is 2.32. The maximum Gasteiger partial charge on any atom is 0.106 e. The van der Waals surface area contributed by atoms with Crippen LogP contribution in [0.2, 0.25) is 0 Å². The SMILES string of the molecule is Cc1nc(C(C)(C)C)sc1C(C)NCc1nccs1. The number of rotatable bonds is 4. The molecule has 0 amide bonds. The molecule has 0 bridgehead atoms. The molecule has 2 rings (SSSR count). The molecule has 0 aliphatic heterocycles. The summed E-state index contributed by atoms with van der Waals surface area (Å²) in [5.41, 5.74) is 1.27. The van der Waals surface area contributed by atoms with Gasteiger partial charge in [-0.15, -0.1) is 22.7 Å². The molecule has 1 unspecified atom stereocenters. The highest BCUT2D eigenvalue weighted by molar-refractivity contribution is 7.12. The van der Waals surface area contributed by atoms with E-state index in [0.29, 0.717) is 6.04 Å². The van der Waals surface area contributed by atoms with Gasteiger partial charge in [-0.2, -0.15) is 0 Å². The van der Waals surface area contributed by atoms with E-state index in [4.69, 9.17) is 4.98 Å². The van der Waals surface area contributed by atoms with Gasteiger partial charge in [0.15, 0.2) is 0 Å². The Hall–Kier alpha value is -0.780. The van der Waals surface area contributed by atoms with Gasteiger partial charge in [-0.3, -0.25) is 0 Å². The molecule has 0 aliphatic rings. The van der Waals surface area contributed by atoms with Crippen LogP contribution in [0, 0.1) is 6.92 Å². The number of nitrogens with one attached hydrogen (secondary N) is 1. The summed E-state index contributed by atoms with van der Waals surface area (Å²) in [7, 11) is 0. The Labute approximate surface area is 123 Å². The third kappa shape index (κ3) is 3.61. The fraction of sp³-hybridized carbons (Fsp3) is 0.571. The zero-order valence-corrected chi connectivity index (χ0v) is 13.8. The van der Waals surface area contributed by atoms with Crippen molar-refractivity contribution in [2.45, 2.75) is 52.6 Å².